The molecule has 0 saturated carbocycles. The Hall–Kier alpha value is -2.12. The molecule has 0 atom stereocenters. The van der Waals surface area contributed by atoms with E-state index in [1.807, 2.05) is 24.3 Å². The quantitative estimate of drug-likeness (QED) is 0.431. The molecule has 3 aromatic heterocycles. The van der Waals surface area contributed by atoms with E-state index in [9.17, 15) is 4.79 Å². The Morgan fingerprint density at radius 3 is 3.00 bits per heavy atom. The first kappa shape index (κ1) is 15.2. The number of aryl methyl sites for hydroxylation is 2. The van der Waals surface area contributed by atoms with Crippen LogP contribution in [0.2, 0.25) is 0 Å². The average Bonchev–Trinajstić information content (AvgIpc) is 3.20. The third-order valence-corrected chi connectivity index (χ3v) is 6.52. The molecule has 7 heteroatoms. The van der Waals surface area contributed by atoms with Crippen molar-refractivity contribution in [3.63, 3.8) is 0 Å². The third-order valence-electron chi connectivity index (χ3n) is 4.47. The highest BCUT2D eigenvalue weighted by Crippen LogP contribution is 2.34. The number of aromatic nitrogens is 3. The van der Waals surface area contributed by atoms with Gasteiger partial charge in [0, 0.05) is 4.88 Å². The van der Waals surface area contributed by atoms with Gasteiger partial charge >= 0.3 is 0 Å². The number of thioether (sulfide) groups is 1. The molecule has 1 aromatic carbocycles. The minimum atomic E-state index is -0.0236. The molecule has 4 aromatic rings. The Labute approximate surface area is 151 Å². The largest absolute Gasteiger partial charge is 0.440 e. The van der Waals surface area contributed by atoms with Gasteiger partial charge in [0.2, 0.25) is 5.89 Å². The van der Waals surface area contributed by atoms with Gasteiger partial charge in [-0.05, 0) is 43.4 Å². The second-order valence-corrected chi connectivity index (χ2v) is 8.17. The van der Waals surface area contributed by atoms with Crippen molar-refractivity contribution in [1.82, 2.24) is 15.0 Å². The lowest BCUT2D eigenvalue weighted by atomic mass is 9.97. The van der Waals surface area contributed by atoms with Crippen molar-refractivity contribution in [1.29, 1.82) is 0 Å². The zero-order chi connectivity index (χ0) is 16.8. The van der Waals surface area contributed by atoms with Gasteiger partial charge in [-0.1, -0.05) is 23.9 Å². The fourth-order valence-electron chi connectivity index (χ4n) is 3.32. The number of rotatable bonds is 3. The number of fused-ring (bicyclic) bond motifs is 4. The van der Waals surface area contributed by atoms with E-state index >= 15 is 0 Å². The predicted molar refractivity (Wildman–Crippen MR) is 100 cm³/mol. The second-order valence-electron chi connectivity index (χ2n) is 6.13. The minimum Gasteiger partial charge on any atom is -0.440 e. The molecule has 1 aliphatic carbocycles. The van der Waals surface area contributed by atoms with Crippen LogP contribution in [-0.4, -0.2) is 15.0 Å². The monoisotopic (exact) mass is 369 g/mol. The first-order valence-corrected chi connectivity index (χ1v) is 10.1. The molecule has 5 rings (SSSR count). The standard InChI is InChI=1S/C18H15N3O2S2/c22-16-15-10-5-1-4-8-13(10)25-17(15)21-18(20-16)24-9-14-19-11-6-2-3-7-12(11)23-14/h2-3,6-7H,1,4-5,8-9H2,(H,20,21,22). The number of nitrogens with zero attached hydrogens (tertiary/aromatic N) is 2. The molecule has 0 aliphatic heterocycles. The summed E-state index contributed by atoms with van der Waals surface area (Å²) in [7, 11) is 0. The maximum Gasteiger partial charge on any atom is 0.260 e. The zero-order valence-corrected chi connectivity index (χ0v) is 15.0. The summed E-state index contributed by atoms with van der Waals surface area (Å²) in [6.07, 6.45) is 4.43. The highest BCUT2D eigenvalue weighted by molar-refractivity contribution is 7.98. The molecule has 0 amide bonds. The number of H-pyrrole nitrogens is 1. The Bertz CT molecular complexity index is 1110. The minimum absolute atomic E-state index is 0.0236. The molecule has 5 nitrogen and oxygen atoms in total. The summed E-state index contributed by atoms with van der Waals surface area (Å²) in [5.41, 5.74) is 2.82. The van der Waals surface area contributed by atoms with Crippen molar-refractivity contribution >= 4 is 44.4 Å². The van der Waals surface area contributed by atoms with Crippen molar-refractivity contribution in [3.05, 3.63) is 51.0 Å². The highest BCUT2D eigenvalue weighted by atomic mass is 32.2. The first-order valence-electron chi connectivity index (χ1n) is 8.30. The average molecular weight is 369 g/mol. The maximum atomic E-state index is 12.5. The number of hydrogen-bond donors (Lipinski definition) is 1. The molecule has 0 fully saturated rings. The SMILES string of the molecule is O=c1[nH]c(SCc2nc3ccccc3o2)nc2sc3c(c12)CCCC3. The molecule has 1 N–H and O–H groups in total. The van der Waals surface area contributed by atoms with Crippen LogP contribution >= 0.6 is 23.1 Å². The van der Waals surface area contributed by atoms with Gasteiger partial charge in [-0.3, -0.25) is 4.79 Å². The Balaban J connectivity index is 1.45. The van der Waals surface area contributed by atoms with Crippen LogP contribution in [0.4, 0.5) is 0 Å². The van der Waals surface area contributed by atoms with Crippen LogP contribution in [-0.2, 0) is 18.6 Å². The molecule has 3 heterocycles. The molecule has 0 spiro atoms. The van der Waals surface area contributed by atoms with E-state index in [2.05, 4.69) is 15.0 Å². The summed E-state index contributed by atoms with van der Waals surface area (Å²) in [5, 5.41) is 1.42. The van der Waals surface area contributed by atoms with Gasteiger partial charge < -0.3 is 9.40 Å². The fourth-order valence-corrected chi connectivity index (χ4v) is 5.35. The van der Waals surface area contributed by atoms with Crippen LogP contribution in [0.5, 0.6) is 0 Å². The van der Waals surface area contributed by atoms with Crippen molar-refractivity contribution in [3.8, 4) is 0 Å². The van der Waals surface area contributed by atoms with E-state index in [1.54, 1.807) is 11.3 Å². The molecule has 0 bridgehead atoms. The van der Waals surface area contributed by atoms with Gasteiger partial charge in [-0.15, -0.1) is 11.3 Å². The number of hydrogen-bond acceptors (Lipinski definition) is 6. The molecule has 0 saturated heterocycles. The number of oxazole rings is 1. The molecule has 0 unspecified atom stereocenters. The van der Waals surface area contributed by atoms with Crippen molar-refractivity contribution in [2.24, 2.45) is 0 Å². The number of thiophene rings is 1. The predicted octanol–water partition coefficient (Wildman–Crippen LogP) is 4.30. The molecule has 126 valence electrons. The summed E-state index contributed by atoms with van der Waals surface area (Å²) in [4.78, 5) is 26.8. The summed E-state index contributed by atoms with van der Waals surface area (Å²) >= 11 is 3.12. The molecular weight excluding hydrogens is 354 g/mol. The number of nitrogens with one attached hydrogen (secondary N) is 1. The first-order chi connectivity index (χ1) is 12.3. The van der Waals surface area contributed by atoms with E-state index in [1.165, 1.54) is 28.6 Å². The van der Waals surface area contributed by atoms with E-state index in [0.29, 0.717) is 16.8 Å². The van der Waals surface area contributed by atoms with Crippen LogP contribution in [0.25, 0.3) is 21.3 Å². The number of aromatic amines is 1. The van der Waals surface area contributed by atoms with Gasteiger partial charge in [0.05, 0.1) is 11.1 Å². The lowest BCUT2D eigenvalue weighted by Gasteiger charge is -2.09. The van der Waals surface area contributed by atoms with Gasteiger partial charge in [0.25, 0.3) is 5.56 Å². The van der Waals surface area contributed by atoms with Crippen molar-refractivity contribution < 1.29 is 4.42 Å². The van der Waals surface area contributed by atoms with E-state index < -0.39 is 0 Å². The summed E-state index contributed by atoms with van der Waals surface area (Å²) in [6, 6.07) is 7.69. The maximum absolute atomic E-state index is 12.5. The summed E-state index contributed by atoms with van der Waals surface area (Å²) in [5.74, 6) is 1.17. The highest BCUT2D eigenvalue weighted by Gasteiger charge is 2.20. The normalized spacial score (nSPS) is 14.2. The van der Waals surface area contributed by atoms with Crippen LogP contribution in [0.3, 0.4) is 0 Å². The second kappa shape index (κ2) is 6.00. The summed E-state index contributed by atoms with van der Waals surface area (Å²) < 4.78 is 5.72. The fraction of sp³-hybridized carbons (Fsp3) is 0.278. The molecule has 0 radical (unpaired) electrons. The zero-order valence-electron chi connectivity index (χ0n) is 13.4. The van der Waals surface area contributed by atoms with Gasteiger partial charge in [0.15, 0.2) is 10.7 Å². The Morgan fingerprint density at radius 1 is 1.20 bits per heavy atom. The topological polar surface area (TPSA) is 71.8 Å². The Morgan fingerprint density at radius 2 is 2.08 bits per heavy atom. The summed E-state index contributed by atoms with van der Waals surface area (Å²) in [6.45, 7) is 0. The van der Waals surface area contributed by atoms with Crippen molar-refractivity contribution in [2.45, 2.75) is 36.6 Å². The van der Waals surface area contributed by atoms with E-state index in [-0.39, 0.29) is 5.56 Å². The molecule has 25 heavy (non-hydrogen) atoms. The number of benzene rings is 1. The molecule has 1 aliphatic rings. The van der Waals surface area contributed by atoms with Gasteiger partial charge in [-0.25, -0.2) is 9.97 Å². The smallest absolute Gasteiger partial charge is 0.260 e. The lowest BCUT2D eigenvalue weighted by molar-refractivity contribution is 0.556. The van der Waals surface area contributed by atoms with E-state index in [4.69, 9.17) is 4.42 Å². The van der Waals surface area contributed by atoms with Crippen LogP contribution in [0.1, 0.15) is 29.2 Å². The third kappa shape index (κ3) is 2.67. The number of para-hydroxylation sites is 2. The lowest BCUT2D eigenvalue weighted by Crippen LogP contribution is -2.10. The van der Waals surface area contributed by atoms with Crippen LogP contribution in [0, 0.1) is 0 Å². The van der Waals surface area contributed by atoms with Crippen LogP contribution in [0.15, 0.2) is 38.6 Å². The van der Waals surface area contributed by atoms with Gasteiger partial charge in [0.1, 0.15) is 10.3 Å². The van der Waals surface area contributed by atoms with Crippen LogP contribution < -0.4 is 5.56 Å². The Kier molecular flexibility index (Phi) is 3.64. The van der Waals surface area contributed by atoms with Gasteiger partial charge in [-0.2, -0.15) is 0 Å². The van der Waals surface area contributed by atoms with E-state index in [0.717, 1.165) is 40.6 Å². The van der Waals surface area contributed by atoms with Crippen molar-refractivity contribution in [2.75, 3.05) is 0 Å². The molecular formula is C18H15N3O2S2.